The molecule has 0 spiro atoms. The molecule has 0 bridgehead atoms. The fourth-order valence-corrected chi connectivity index (χ4v) is 1.41. The van der Waals surface area contributed by atoms with E-state index >= 15 is 0 Å². The lowest BCUT2D eigenvalue weighted by molar-refractivity contribution is 0.301. The fraction of sp³-hybridized carbons (Fsp3) is 0.455. The summed E-state index contributed by atoms with van der Waals surface area (Å²) in [6.45, 7) is 2.44. The van der Waals surface area contributed by atoms with Gasteiger partial charge in [-0.1, -0.05) is 18.2 Å². The zero-order chi connectivity index (χ0) is 10.2. The normalized spacial score (nSPS) is 10.1. The van der Waals surface area contributed by atoms with Crippen LogP contribution in [-0.2, 0) is 0 Å². The van der Waals surface area contributed by atoms with Crippen LogP contribution in [0.25, 0.3) is 0 Å². The molecule has 0 unspecified atom stereocenters. The summed E-state index contributed by atoms with van der Waals surface area (Å²) in [5.41, 5.74) is 6.61. The molecule has 1 aromatic carbocycles. The molecule has 14 heavy (non-hydrogen) atoms. The minimum Gasteiger partial charge on any atom is -0.395 e. The van der Waals surface area contributed by atoms with E-state index in [0.29, 0.717) is 13.1 Å². The molecule has 1 rings (SSSR count). The minimum atomic E-state index is 0.180. The van der Waals surface area contributed by atoms with Crippen molar-refractivity contribution in [1.82, 2.24) is 0 Å². The quantitative estimate of drug-likeness (QED) is 0.705. The van der Waals surface area contributed by atoms with Gasteiger partial charge in [0.1, 0.15) is 0 Å². The predicted octanol–water partition coefficient (Wildman–Crippen LogP) is 0.834. The Bertz CT molecular complexity index is 238. The van der Waals surface area contributed by atoms with Crippen molar-refractivity contribution in [2.24, 2.45) is 5.73 Å². The van der Waals surface area contributed by atoms with Gasteiger partial charge in [0.15, 0.2) is 0 Å². The van der Waals surface area contributed by atoms with Gasteiger partial charge >= 0.3 is 0 Å². The molecule has 0 saturated heterocycles. The minimum absolute atomic E-state index is 0.180. The highest BCUT2D eigenvalue weighted by Crippen LogP contribution is 2.12. The van der Waals surface area contributed by atoms with E-state index in [1.165, 1.54) is 0 Å². The first-order valence-electron chi connectivity index (χ1n) is 4.99. The van der Waals surface area contributed by atoms with E-state index in [-0.39, 0.29) is 6.61 Å². The van der Waals surface area contributed by atoms with E-state index in [1.807, 2.05) is 30.3 Å². The number of hydrogen-bond acceptors (Lipinski definition) is 3. The lowest BCUT2D eigenvalue weighted by Crippen LogP contribution is -2.28. The van der Waals surface area contributed by atoms with E-state index in [9.17, 15) is 0 Å². The molecule has 0 radical (unpaired) electrons. The van der Waals surface area contributed by atoms with Gasteiger partial charge in [0.05, 0.1) is 6.61 Å². The Morgan fingerprint density at radius 1 is 1.14 bits per heavy atom. The van der Waals surface area contributed by atoms with Crippen molar-refractivity contribution < 1.29 is 5.11 Å². The third-order valence-corrected chi connectivity index (χ3v) is 2.12. The van der Waals surface area contributed by atoms with Crippen molar-refractivity contribution >= 4 is 5.69 Å². The molecule has 0 amide bonds. The fourth-order valence-electron chi connectivity index (χ4n) is 1.41. The van der Waals surface area contributed by atoms with Crippen LogP contribution in [0.15, 0.2) is 30.3 Å². The number of anilines is 1. The number of nitrogens with two attached hydrogens (primary N) is 1. The number of benzene rings is 1. The molecule has 78 valence electrons. The number of hydrogen-bond donors (Lipinski definition) is 2. The van der Waals surface area contributed by atoms with Crippen LogP contribution in [0.4, 0.5) is 5.69 Å². The van der Waals surface area contributed by atoms with E-state index in [1.54, 1.807) is 0 Å². The van der Waals surface area contributed by atoms with Gasteiger partial charge < -0.3 is 15.7 Å². The third-order valence-electron chi connectivity index (χ3n) is 2.12. The summed E-state index contributed by atoms with van der Waals surface area (Å²) in [4.78, 5) is 2.15. The summed E-state index contributed by atoms with van der Waals surface area (Å²) in [5.74, 6) is 0. The van der Waals surface area contributed by atoms with Gasteiger partial charge in [-0.3, -0.25) is 0 Å². The van der Waals surface area contributed by atoms with Crippen LogP contribution < -0.4 is 10.6 Å². The van der Waals surface area contributed by atoms with Crippen LogP contribution in [-0.4, -0.2) is 31.3 Å². The SMILES string of the molecule is NCCCN(CCO)c1ccccc1. The molecule has 0 fully saturated rings. The van der Waals surface area contributed by atoms with Crippen LogP contribution in [0.3, 0.4) is 0 Å². The molecular weight excluding hydrogens is 176 g/mol. The molecule has 3 N–H and O–H groups in total. The van der Waals surface area contributed by atoms with Crippen molar-refractivity contribution in [2.45, 2.75) is 6.42 Å². The van der Waals surface area contributed by atoms with E-state index in [0.717, 1.165) is 18.7 Å². The molecule has 0 aliphatic heterocycles. The lowest BCUT2D eigenvalue weighted by atomic mass is 10.2. The smallest absolute Gasteiger partial charge is 0.0606 e. The Morgan fingerprint density at radius 2 is 1.86 bits per heavy atom. The Kier molecular flexibility index (Phi) is 5.04. The van der Waals surface area contributed by atoms with E-state index in [4.69, 9.17) is 10.8 Å². The Morgan fingerprint density at radius 3 is 2.43 bits per heavy atom. The third kappa shape index (κ3) is 3.36. The maximum Gasteiger partial charge on any atom is 0.0606 e. The van der Waals surface area contributed by atoms with E-state index < -0.39 is 0 Å². The van der Waals surface area contributed by atoms with Gasteiger partial charge in [-0.05, 0) is 25.1 Å². The summed E-state index contributed by atoms with van der Waals surface area (Å²) >= 11 is 0. The summed E-state index contributed by atoms with van der Waals surface area (Å²) in [5, 5.41) is 8.92. The maximum absolute atomic E-state index is 8.92. The topological polar surface area (TPSA) is 49.5 Å². The first kappa shape index (κ1) is 11.0. The second-order valence-corrected chi connectivity index (χ2v) is 3.19. The maximum atomic E-state index is 8.92. The number of aliphatic hydroxyl groups excluding tert-OH is 1. The molecule has 3 heteroatoms. The van der Waals surface area contributed by atoms with Gasteiger partial charge in [0, 0.05) is 18.8 Å². The van der Waals surface area contributed by atoms with Gasteiger partial charge in [-0.2, -0.15) is 0 Å². The van der Waals surface area contributed by atoms with Crippen molar-refractivity contribution in [3.05, 3.63) is 30.3 Å². The number of nitrogens with zero attached hydrogens (tertiary/aromatic N) is 1. The highest BCUT2D eigenvalue weighted by molar-refractivity contribution is 5.45. The van der Waals surface area contributed by atoms with Crippen molar-refractivity contribution in [3.8, 4) is 0 Å². The summed E-state index contributed by atoms with van der Waals surface area (Å²) in [6, 6.07) is 10.1. The highest BCUT2D eigenvalue weighted by Gasteiger charge is 2.03. The zero-order valence-electron chi connectivity index (χ0n) is 8.39. The number of para-hydroxylation sites is 1. The van der Waals surface area contributed by atoms with Crippen LogP contribution in [0.1, 0.15) is 6.42 Å². The first-order valence-corrected chi connectivity index (χ1v) is 4.99. The Balaban J connectivity index is 2.58. The van der Waals surface area contributed by atoms with Gasteiger partial charge in [-0.15, -0.1) is 0 Å². The number of aliphatic hydroxyl groups is 1. The molecule has 0 saturated carbocycles. The van der Waals surface area contributed by atoms with Crippen molar-refractivity contribution in [2.75, 3.05) is 31.1 Å². The zero-order valence-corrected chi connectivity index (χ0v) is 8.39. The second-order valence-electron chi connectivity index (χ2n) is 3.19. The van der Waals surface area contributed by atoms with Gasteiger partial charge in [0.25, 0.3) is 0 Å². The van der Waals surface area contributed by atoms with Gasteiger partial charge in [-0.25, -0.2) is 0 Å². The molecule has 1 aromatic rings. The molecule has 0 aliphatic carbocycles. The van der Waals surface area contributed by atoms with Crippen LogP contribution >= 0.6 is 0 Å². The van der Waals surface area contributed by atoms with Crippen molar-refractivity contribution in [3.63, 3.8) is 0 Å². The van der Waals surface area contributed by atoms with Crippen LogP contribution in [0.5, 0.6) is 0 Å². The Hall–Kier alpha value is -1.06. The summed E-state index contributed by atoms with van der Waals surface area (Å²) < 4.78 is 0. The highest BCUT2D eigenvalue weighted by atomic mass is 16.3. The first-order chi connectivity index (χ1) is 6.88. The molecule has 0 aliphatic rings. The van der Waals surface area contributed by atoms with E-state index in [2.05, 4.69) is 4.90 Å². The molecule has 0 atom stereocenters. The lowest BCUT2D eigenvalue weighted by Gasteiger charge is -2.23. The number of rotatable bonds is 6. The monoisotopic (exact) mass is 194 g/mol. The van der Waals surface area contributed by atoms with Crippen LogP contribution in [0.2, 0.25) is 0 Å². The predicted molar refractivity (Wildman–Crippen MR) is 59.4 cm³/mol. The largest absolute Gasteiger partial charge is 0.395 e. The molecule has 3 nitrogen and oxygen atoms in total. The summed E-state index contributed by atoms with van der Waals surface area (Å²) in [6.07, 6.45) is 0.953. The molecule has 0 aromatic heterocycles. The second kappa shape index (κ2) is 6.40. The molecule has 0 heterocycles. The Labute approximate surface area is 85.2 Å². The standard InChI is InChI=1S/C11H18N2O/c12-7-4-8-13(9-10-14)11-5-2-1-3-6-11/h1-3,5-6,14H,4,7-10,12H2. The average molecular weight is 194 g/mol. The van der Waals surface area contributed by atoms with Gasteiger partial charge in [0.2, 0.25) is 0 Å². The molecular formula is C11H18N2O. The average Bonchev–Trinajstić information content (AvgIpc) is 2.25. The van der Waals surface area contributed by atoms with Crippen LogP contribution in [0, 0.1) is 0 Å². The van der Waals surface area contributed by atoms with Crippen molar-refractivity contribution in [1.29, 1.82) is 0 Å². The summed E-state index contributed by atoms with van der Waals surface area (Å²) in [7, 11) is 0.